The fraction of sp³-hybridized carbons (Fsp3) is 0.231. The van der Waals surface area contributed by atoms with E-state index < -0.39 is 0 Å². The molecule has 2 aromatic heterocycles. The molecule has 2 rings (SSSR count). The number of pyridine rings is 2. The van der Waals surface area contributed by atoms with E-state index in [0.29, 0.717) is 12.5 Å². The molecule has 3 heteroatoms. The van der Waals surface area contributed by atoms with Gasteiger partial charge < -0.3 is 4.74 Å². The summed E-state index contributed by atoms with van der Waals surface area (Å²) >= 11 is 0. The molecule has 0 atom stereocenters. The van der Waals surface area contributed by atoms with Crippen molar-refractivity contribution < 1.29 is 4.74 Å². The molecular weight excluding hydrogens is 200 g/mol. The van der Waals surface area contributed by atoms with Crippen LogP contribution in [0.15, 0.2) is 42.6 Å². The topological polar surface area (TPSA) is 35.0 Å². The number of ether oxygens (including phenoxy) is 1. The van der Waals surface area contributed by atoms with Crippen LogP contribution in [-0.4, -0.2) is 16.6 Å². The second kappa shape index (κ2) is 5.26. The van der Waals surface area contributed by atoms with Crippen LogP contribution >= 0.6 is 0 Å². The van der Waals surface area contributed by atoms with E-state index in [2.05, 4.69) is 16.9 Å². The van der Waals surface area contributed by atoms with E-state index in [-0.39, 0.29) is 0 Å². The highest BCUT2D eigenvalue weighted by atomic mass is 16.5. The summed E-state index contributed by atoms with van der Waals surface area (Å²) in [6, 6.07) is 11.5. The van der Waals surface area contributed by atoms with Crippen LogP contribution in [0.3, 0.4) is 0 Å². The second-order valence-electron chi connectivity index (χ2n) is 3.42. The smallest absolute Gasteiger partial charge is 0.213 e. The van der Waals surface area contributed by atoms with E-state index in [1.165, 1.54) is 0 Å². The molecular formula is C13H14N2O. The van der Waals surface area contributed by atoms with Crippen LogP contribution in [0.25, 0.3) is 11.4 Å². The molecule has 0 spiro atoms. The van der Waals surface area contributed by atoms with E-state index >= 15 is 0 Å². The third-order valence-corrected chi connectivity index (χ3v) is 2.10. The van der Waals surface area contributed by atoms with Crippen molar-refractivity contribution in [1.29, 1.82) is 0 Å². The SMILES string of the molecule is CCCOc1cccc(-c2ccccn2)n1. The normalized spacial score (nSPS) is 10.1. The summed E-state index contributed by atoms with van der Waals surface area (Å²) in [4.78, 5) is 8.65. The zero-order chi connectivity index (χ0) is 11.2. The predicted octanol–water partition coefficient (Wildman–Crippen LogP) is 2.93. The molecule has 0 unspecified atom stereocenters. The van der Waals surface area contributed by atoms with Crippen molar-refractivity contribution in [1.82, 2.24) is 9.97 Å². The standard InChI is InChI=1S/C13H14N2O/c1-2-10-16-13-8-5-7-12(15-13)11-6-3-4-9-14-11/h3-9H,2,10H2,1H3. The minimum absolute atomic E-state index is 0.657. The van der Waals surface area contributed by atoms with Crippen LogP contribution in [0.2, 0.25) is 0 Å². The summed E-state index contributed by atoms with van der Waals surface area (Å²) < 4.78 is 5.48. The third kappa shape index (κ3) is 2.57. The molecule has 2 aromatic rings. The van der Waals surface area contributed by atoms with Crippen LogP contribution < -0.4 is 4.74 Å². The van der Waals surface area contributed by atoms with Gasteiger partial charge in [0.25, 0.3) is 0 Å². The highest BCUT2D eigenvalue weighted by Gasteiger charge is 2.01. The maximum absolute atomic E-state index is 5.48. The Labute approximate surface area is 95.1 Å². The van der Waals surface area contributed by atoms with Gasteiger partial charge >= 0.3 is 0 Å². The van der Waals surface area contributed by atoms with Gasteiger partial charge in [0, 0.05) is 12.3 Å². The van der Waals surface area contributed by atoms with Crippen molar-refractivity contribution in [3.8, 4) is 17.3 Å². The summed E-state index contributed by atoms with van der Waals surface area (Å²) in [6.07, 6.45) is 2.74. The Morgan fingerprint density at radius 3 is 2.69 bits per heavy atom. The Hall–Kier alpha value is -1.90. The lowest BCUT2D eigenvalue weighted by molar-refractivity contribution is 0.305. The molecule has 0 aromatic carbocycles. The maximum atomic E-state index is 5.48. The summed E-state index contributed by atoms with van der Waals surface area (Å²) in [5.74, 6) is 0.657. The van der Waals surface area contributed by atoms with Gasteiger partial charge in [0.2, 0.25) is 5.88 Å². The van der Waals surface area contributed by atoms with Gasteiger partial charge in [0.1, 0.15) is 0 Å². The Morgan fingerprint density at radius 1 is 1.06 bits per heavy atom. The highest BCUT2D eigenvalue weighted by molar-refractivity contribution is 5.54. The van der Waals surface area contributed by atoms with E-state index in [1.807, 2.05) is 36.4 Å². The molecule has 82 valence electrons. The summed E-state index contributed by atoms with van der Waals surface area (Å²) in [5, 5.41) is 0. The van der Waals surface area contributed by atoms with E-state index in [4.69, 9.17) is 4.74 Å². The molecule has 0 N–H and O–H groups in total. The second-order valence-corrected chi connectivity index (χ2v) is 3.42. The predicted molar refractivity (Wildman–Crippen MR) is 63.3 cm³/mol. The van der Waals surface area contributed by atoms with Crippen LogP contribution in [0, 0.1) is 0 Å². The molecule has 2 heterocycles. The van der Waals surface area contributed by atoms with E-state index in [9.17, 15) is 0 Å². The molecule has 0 aliphatic carbocycles. The quantitative estimate of drug-likeness (QED) is 0.784. The third-order valence-electron chi connectivity index (χ3n) is 2.10. The average molecular weight is 214 g/mol. The molecule has 0 amide bonds. The zero-order valence-corrected chi connectivity index (χ0v) is 9.26. The first-order valence-electron chi connectivity index (χ1n) is 5.41. The van der Waals surface area contributed by atoms with Gasteiger partial charge in [-0.3, -0.25) is 4.98 Å². The number of hydrogen-bond acceptors (Lipinski definition) is 3. The van der Waals surface area contributed by atoms with Crippen LogP contribution in [-0.2, 0) is 0 Å². The molecule has 3 nitrogen and oxygen atoms in total. The molecule has 0 fully saturated rings. The van der Waals surface area contributed by atoms with Gasteiger partial charge in [-0.15, -0.1) is 0 Å². The van der Waals surface area contributed by atoms with Crippen molar-refractivity contribution >= 4 is 0 Å². The van der Waals surface area contributed by atoms with Gasteiger partial charge in [-0.2, -0.15) is 0 Å². The van der Waals surface area contributed by atoms with Gasteiger partial charge in [-0.1, -0.05) is 19.1 Å². The Balaban J connectivity index is 2.22. The summed E-state index contributed by atoms with van der Waals surface area (Å²) in [5.41, 5.74) is 1.71. The van der Waals surface area contributed by atoms with Crippen molar-refractivity contribution in [3.63, 3.8) is 0 Å². The number of nitrogens with zero attached hydrogens (tertiary/aromatic N) is 2. The Kier molecular flexibility index (Phi) is 3.49. The molecule has 0 aliphatic heterocycles. The zero-order valence-electron chi connectivity index (χ0n) is 9.26. The number of hydrogen-bond donors (Lipinski definition) is 0. The maximum Gasteiger partial charge on any atom is 0.213 e. The van der Waals surface area contributed by atoms with Crippen molar-refractivity contribution in [2.75, 3.05) is 6.61 Å². The van der Waals surface area contributed by atoms with Crippen molar-refractivity contribution in [2.45, 2.75) is 13.3 Å². The highest BCUT2D eigenvalue weighted by Crippen LogP contribution is 2.17. The fourth-order valence-corrected chi connectivity index (χ4v) is 1.36. The molecule has 16 heavy (non-hydrogen) atoms. The molecule has 0 bridgehead atoms. The molecule has 0 saturated heterocycles. The van der Waals surface area contributed by atoms with Crippen LogP contribution in [0.1, 0.15) is 13.3 Å². The first kappa shape index (κ1) is 10.6. The van der Waals surface area contributed by atoms with Gasteiger partial charge in [0.15, 0.2) is 0 Å². The first-order chi connectivity index (χ1) is 7.90. The largest absolute Gasteiger partial charge is 0.478 e. The molecule has 0 radical (unpaired) electrons. The van der Waals surface area contributed by atoms with Crippen molar-refractivity contribution in [2.24, 2.45) is 0 Å². The summed E-state index contributed by atoms with van der Waals surface area (Å²) in [7, 11) is 0. The fourth-order valence-electron chi connectivity index (χ4n) is 1.36. The number of rotatable bonds is 4. The Morgan fingerprint density at radius 2 is 1.94 bits per heavy atom. The first-order valence-corrected chi connectivity index (χ1v) is 5.41. The van der Waals surface area contributed by atoms with Crippen molar-refractivity contribution in [3.05, 3.63) is 42.6 Å². The average Bonchev–Trinajstić information content (AvgIpc) is 2.38. The molecule has 0 saturated carbocycles. The van der Waals surface area contributed by atoms with Crippen LogP contribution in [0.5, 0.6) is 5.88 Å². The van der Waals surface area contributed by atoms with Gasteiger partial charge in [0.05, 0.1) is 18.0 Å². The van der Waals surface area contributed by atoms with Gasteiger partial charge in [-0.05, 0) is 24.6 Å². The monoisotopic (exact) mass is 214 g/mol. The van der Waals surface area contributed by atoms with E-state index in [1.54, 1.807) is 6.20 Å². The Bertz CT molecular complexity index is 443. The lowest BCUT2D eigenvalue weighted by Crippen LogP contribution is -1.98. The van der Waals surface area contributed by atoms with Gasteiger partial charge in [-0.25, -0.2) is 4.98 Å². The summed E-state index contributed by atoms with van der Waals surface area (Å²) in [6.45, 7) is 2.77. The minimum Gasteiger partial charge on any atom is -0.478 e. The van der Waals surface area contributed by atoms with Crippen LogP contribution in [0.4, 0.5) is 0 Å². The lowest BCUT2D eigenvalue weighted by atomic mass is 10.2. The lowest BCUT2D eigenvalue weighted by Gasteiger charge is -2.05. The molecule has 0 aliphatic rings. The minimum atomic E-state index is 0.657. The number of aromatic nitrogens is 2. The van der Waals surface area contributed by atoms with E-state index in [0.717, 1.165) is 17.8 Å².